The van der Waals surface area contributed by atoms with Crippen LogP contribution in [-0.2, 0) is 0 Å². The van der Waals surface area contributed by atoms with Gasteiger partial charge in [0.1, 0.15) is 8.07 Å². The van der Waals surface area contributed by atoms with Crippen molar-refractivity contribution in [1.29, 1.82) is 0 Å². The summed E-state index contributed by atoms with van der Waals surface area (Å²) < 4.78 is 3.00. The summed E-state index contributed by atoms with van der Waals surface area (Å²) in [6, 6.07) is 12.2. The normalized spacial score (nSPS) is 12.4. The smallest absolute Gasteiger partial charge is 0.176 e. The molecule has 1 aromatic carbocycles. The Balaban J connectivity index is 0.00000200. The zero-order chi connectivity index (χ0) is 14.2. The van der Waals surface area contributed by atoms with Crippen molar-refractivity contribution in [2.24, 2.45) is 0 Å². The Bertz CT molecular complexity index is 502. The van der Waals surface area contributed by atoms with Crippen LogP contribution in [0.5, 0.6) is 0 Å². The molecule has 0 unspecified atom stereocenters. The maximum absolute atomic E-state index is 3.40. The van der Waals surface area contributed by atoms with E-state index in [2.05, 4.69) is 65.8 Å². The molecule has 0 saturated heterocycles. The van der Waals surface area contributed by atoms with Crippen LogP contribution in [0.1, 0.15) is 41.5 Å². The standard InChI is InChI=1S/C17H25SSi.Li/c1-12(2)19(13(3)4,14(5)6)17-11-15-9-7-8-10-16(15)18-17;/h7-9,11-14H,1-6H3;/q-1;+1. The minimum Gasteiger partial charge on any atom is -0.176 e. The van der Waals surface area contributed by atoms with Crippen molar-refractivity contribution in [2.75, 3.05) is 0 Å². The molecule has 0 aliphatic carbocycles. The van der Waals surface area contributed by atoms with E-state index in [1.165, 1.54) is 10.1 Å². The fraction of sp³-hybridized carbons (Fsp3) is 0.529. The van der Waals surface area contributed by atoms with Crippen LogP contribution in [-0.4, -0.2) is 8.07 Å². The molecule has 1 heterocycles. The average molecular weight is 296 g/mol. The van der Waals surface area contributed by atoms with E-state index in [1.807, 2.05) is 17.4 Å². The summed E-state index contributed by atoms with van der Waals surface area (Å²) in [4.78, 5) is 0. The Morgan fingerprint density at radius 1 is 1.00 bits per heavy atom. The van der Waals surface area contributed by atoms with Crippen LogP contribution in [0, 0.1) is 6.07 Å². The van der Waals surface area contributed by atoms with E-state index in [0.29, 0.717) is 0 Å². The predicted molar refractivity (Wildman–Crippen MR) is 91.3 cm³/mol. The van der Waals surface area contributed by atoms with Crippen LogP contribution in [0.4, 0.5) is 0 Å². The molecule has 2 rings (SSSR count). The molecule has 0 N–H and O–H groups in total. The van der Waals surface area contributed by atoms with Gasteiger partial charge in [-0.25, -0.2) is 0 Å². The van der Waals surface area contributed by atoms with Gasteiger partial charge in [-0.15, -0.1) is 11.5 Å². The first kappa shape index (κ1) is 18.0. The molecule has 0 aliphatic rings. The summed E-state index contributed by atoms with van der Waals surface area (Å²) >= 11 is 2.00. The Morgan fingerprint density at radius 2 is 1.55 bits per heavy atom. The summed E-state index contributed by atoms with van der Waals surface area (Å²) in [5.41, 5.74) is 2.33. The molecule has 0 aliphatic heterocycles. The van der Waals surface area contributed by atoms with Gasteiger partial charge in [0.25, 0.3) is 0 Å². The molecule has 0 spiro atoms. The van der Waals surface area contributed by atoms with Crippen molar-refractivity contribution in [3.05, 3.63) is 30.3 Å². The zero-order valence-electron chi connectivity index (χ0n) is 13.9. The molecule has 0 radical (unpaired) electrons. The van der Waals surface area contributed by atoms with Crippen molar-refractivity contribution in [3.8, 4) is 0 Å². The van der Waals surface area contributed by atoms with Crippen molar-refractivity contribution >= 4 is 34.0 Å². The van der Waals surface area contributed by atoms with E-state index in [1.54, 1.807) is 4.50 Å². The number of hydrogen-bond donors (Lipinski definition) is 0. The topological polar surface area (TPSA) is 0 Å². The number of hydrogen-bond acceptors (Lipinski definition) is 1. The summed E-state index contributed by atoms with van der Waals surface area (Å²) in [5.74, 6) is 0. The first-order valence-corrected chi connectivity index (χ1v) is 10.4. The van der Waals surface area contributed by atoms with Crippen molar-refractivity contribution < 1.29 is 18.9 Å². The molecule has 0 nitrogen and oxygen atoms in total. The van der Waals surface area contributed by atoms with E-state index in [4.69, 9.17) is 0 Å². The first-order valence-electron chi connectivity index (χ1n) is 7.31. The molecule has 0 saturated carbocycles. The second-order valence-electron chi connectivity index (χ2n) is 6.46. The van der Waals surface area contributed by atoms with Crippen LogP contribution in [0.25, 0.3) is 10.1 Å². The fourth-order valence-electron chi connectivity index (χ4n) is 3.98. The largest absolute Gasteiger partial charge is 1.00 e. The van der Waals surface area contributed by atoms with Crippen molar-refractivity contribution in [3.63, 3.8) is 0 Å². The molecule has 104 valence electrons. The molecular formula is C17H25LiSSi. The van der Waals surface area contributed by atoms with Crippen LogP contribution < -0.4 is 23.4 Å². The number of fused-ring (bicyclic) bond motifs is 1. The third-order valence-electron chi connectivity index (χ3n) is 4.64. The summed E-state index contributed by atoms with van der Waals surface area (Å²) in [7, 11) is -1.49. The minimum atomic E-state index is -1.49. The molecule has 2 aromatic rings. The van der Waals surface area contributed by atoms with Gasteiger partial charge < -0.3 is 0 Å². The molecule has 0 amide bonds. The molecule has 3 heteroatoms. The average Bonchev–Trinajstić information content (AvgIpc) is 2.71. The summed E-state index contributed by atoms with van der Waals surface area (Å²) in [5, 5.41) is 1.38. The van der Waals surface area contributed by atoms with Gasteiger partial charge in [-0.05, 0) is 21.1 Å². The molecule has 0 bridgehead atoms. The Labute approximate surface area is 141 Å². The Hall–Kier alpha value is -0.00571. The van der Waals surface area contributed by atoms with Gasteiger partial charge in [0.2, 0.25) is 0 Å². The number of benzene rings is 1. The molecular weight excluding hydrogens is 271 g/mol. The SMILES string of the molecule is CC(C)[Si](c1cc2ccc[c-]c2s1)(C(C)C)C(C)C.[Li+]. The van der Waals surface area contributed by atoms with Gasteiger partial charge in [0.15, 0.2) is 0 Å². The maximum atomic E-state index is 3.40. The molecule has 1 aromatic heterocycles. The van der Waals surface area contributed by atoms with Gasteiger partial charge in [-0.1, -0.05) is 46.2 Å². The Morgan fingerprint density at radius 3 is 2.00 bits per heavy atom. The van der Waals surface area contributed by atoms with E-state index < -0.39 is 8.07 Å². The van der Waals surface area contributed by atoms with Crippen LogP contribution >= 0.6 is 11.3 Å². The van der Waals surface area contributed by atoms with E-state index in [-0.39, 0.29) is 18.9 Å². The fourth-order valence-corrected chi connectivity index (χ4v) is 14.0. The van der Waals surface area contributed by atoms with Crippen LogP contribution in [0.3, 0.4) is 0 Å². The van der Waals surface area contributed by atoms with Gasteiger partial charge in [0, 0.05) is 0 Å². The van der Waals surface area contributed by atoms with E-state index >= 15 is 0 Å². The number of rotatable bonds is 4. The quantitative estimate of drug-likeness (QED) is 0.601. The van der Waals surface area contributed by atoms with Crippen LogP contribution in [0.2, 0.25) is 16.6 Å². The van der Waals surface area contributed by atoms with Gasteiger partial charge >= 0.3 is 18.9 Å². The van der Waals surface area contributed by atoms with E-state index in [9.17, 15) is 0 Å². The third kappa shape index (κ3) is 2.81. The number of thiophene rings is 1. The van der Waals surface area contributed by atoms with Gasteiger partial charge in [-0.3, -0.25) is 0 Å². The first-order chi connectivity index (χ1) is 8.90. The van der Waals surface area contributed by atoms with Gasteiger partial charge in [0.05, 0.1) is 0 Å². The second-order valence-corrected chi connectivity index (χ2v) is 13.7. The Kier molecular flexibility index (Phi) is 6.17. The maximum Gasteiger partial charge on any atom is 1.00 e. The second kappa shape index (κ2) is 6.84. The van der Waals surface area contributed by atoms with Gasteiger partial charge in [-0.2, -0.15) is 35.6 Å². The van der Waals surface area contributed by atoms with Crippen LogP contribution in [0.15, 0.2) is 24.3 Å². The summed E-state index contributed by atoms with van der Waals surface area (Å²) in [6.07, 6.45) is 0. The summed E-state index contributed by atoms with van der Waals surface area (Å²) in [6.45, 7) is 14.6. The molecule has 0 atom stereocenters. The molecule has 0 fully saturated rings. The predicted octanol–water partition coefficient (Wildman–Crippen LogP) is 2.59. The monoisotopic (exact) mass is 296 g/mol. The third-order valence-corrected chi connectivity index (χ3v) is 13.6. The van der Waals surface area contributed by atoms with Crippen molar-refractivity contribution in [2.45, 2.75) is 58.2 Å². The molecule has 20 heavy (non-hydrogen) atoms. The van der Waals surface area contributed by atoms with Crippen molar-refractivity contribution in [1.82, 2.24) is 0 Å². The minimum absolute atomic E-state index is 0. The van der Waals surface area contributed by atoms with E-state index in [0.717, 1.165) is 16.6 Å². The zero-order valence-corrected chi connectivity index (χ0v) is 15.8.